The van der Waals surface area contributed by atoms with Crippen molar-refractivity contribution in [3.63, 3.8) is 0 Å². The van der Waals surface area contributed by atoms with E-state index in [2.05, 4.69) is 0 Å². The lowest BCUT2D eigenvalue weighted by Gasteiger charge is -1.97. The molecular formula is C9H12OS. The maximum absolute atomic E-state index is 11.1. The highest BCUT2D eigenvalue weighted by Crippen LogP contribution is 2.01. The van der Waals surface area contributed by atoms with Gasteiger partial charge in [-0.2, -0.15) is 0 Å². The molecule has 0 fully saturated rings. The Labute approximate surface area is 69.9 Å². The van der Waals surface area contributed by atoms with Crippen LogP contribution in [0.2, 0.25) is 0 Å². The average molecular weight is 168 g/mol. The van der Waals surface area contributed by atoms with E-state index in [1.165, 1.54) is 0 Å². The molecule has 0 saturated carbocycles. The molecule has 1 atom stereocenters. The summed E-state index contributed by atoms with van der Waals surface area (Å²) in [6, 6.07) is 9.93. The Balaban J connectivity index is 2.58. The van der Waals surface area contributed by atoms with Gasteiger partial charge in [0.25, 0.3) is 0 Å². The lowest BCUT2D eigenvalue weighted by molar-refractivity contribution is 0.683. The first-order chi connectivity index (χ1) is 5.33. The predicted molar refractivity (Wildman–Crippen MR) is 48.8 cm³/mol. The first-order valence-electron chi connectivity index (χ1n) is 3.72. The molecule has 0 aromatic heterocycles. The van der Waals surface area contributed by atoms with Crippen LogP contribution in [0.25, 0.3) is 0 Å². The lowest BCUT2D eigenvalue weighted by atomic mass is 10.2. The third kappa shape index (κ3) is 2.85. The zero-order valence-corrected chi connectivity index (χ0v) is 7.43. The fraction of sp³-hybridized carbons (Fsp3) is 0.333. The smallest absolute Gasteiger partial charge is 0.0485 e. The summed E-state index contributed by atoms with van der Waals surface area (Å²) in [6.07, 6.45) is 0. The summed E-state index contributed by atoms with van der Waals surface area (Å²) in [5, 5.41) is 0. The summed E-state index contributed by atoms with van der Waals surface area (Å²) >= 11 is 0. The van der Waals surface area contributed by atoms with Crippen molar-refractivity contribution >= 4 is 10.8 Å². The summed E-state index contributed by atoms with van der Waals surface area (Å²) < 4.78 is 11.1. The van der Waals surface area contributed by atoms with Gasteiger partial charge in [-0.3, -0.25) is 4.21 Å². The van der Waals surface area contributed by atoms with Gasteiger partial charge in [0.05, 0.1) is 0 Å². The molecule has 0 N–H and O–H groups in total. The molecule has 0 aliphatic heterocycles. The maximum Gasteiger partial charge on any atom is 0.0485 e. The van der Waals surface area contributed by atoms with Crippen molar-refractivity contribution in [2.75, 3.05) is 5.75 Å². The molecule has 60 valence electrons. The summed E-state index contributed by atoms with van der Waals surface area (Å²) in [5.41, 5.74) is 1.16. The molecule has 1 rings (SSSR count). The molecule has 0 aliphatic carbocycles. The van der Waals surface area contributed by atoms with Crippen molar-refractivity contribution in [1.29, 1.82) is 0 Å². The molecule has 0 saturated heterocycles. The quantitative estimate of drug-likeness (QED) is 0.674. The Hall–Kier alpha value is -0.630. The van der Waals surface area contributed by atoms with Gasteiger partial charge in [0.1, 0.15) is 0 Å². The minimum absolute atomic E-state index is 0.678. The molecule has 11 heavy (non-hydrogen) atoms. The molecular weight excluding hydrogens is 156 g/mol. The van der Waals surface area contributed by atoms with E-state index in [9.17, 15) is 4.21 Å². The van der Waals surface area contributed by atoms with Gasteiger partial charge < -0.3 is 0 Å². The zero-order valence-electron chi connectivity index (χ0n) is 6.62. The average Bonchev–Trinajstić information content (AvgIpc) is 2.06. The maximum atomic E-state index is 11.1. The molecule has 1 aromatic rings. The fourth-order valence-electron chi connectivity index (χ4n) is 0.862. The van der Waals surface area contributed by atoms with Crippen LogP contribution in [0, 0.1) is 0 Å². The Morgan fingerprint density at radius 1 is 1.27 bits per heavy atom. The van der Waals surface area contributed by atoms with E-state index in [0.29, 0.717) is 5.75 Å². The topological polar surface area (TPSA) is 17.1 Å². The van der Waals surface area contributed by atoms with Crippen LogP contribution in [-0.4, -0.2) is 9.96 Å². The first kappa shape index (κ1) is 8.47. The molecule has 1 nitrogen and oxygen atoms in total. The highest BCUT2D eigenvalue weighted by molar-refractivity contribution is 7.84. The highest BCUT2D eigenvalue weighted by Gasteiger charge is 1.96. The molecule has 2 heteroatoms. The first-order valence-corrected chi connectivity index (χ1v) is 5.20. The minimum atomic E-state index is -0.678. The molecule has 0 unspecified atom stereocenters. The number of hydrogen-bond donors (Lipinski definition) is 0. The molecule has 0 radical (unpaired) electrons. The second kappa shape index (κ2) is 4.29. The van der Waals surface area contributed by atoms with Crippen LogP contribution >= 0.6 is 0 Å². The van der Waals surface area contributed by atoms with Crippen molar-refractivity contribution in [3.05, 3.63) is 35.9 Å². The second-order valence-corrected chi connectivity index (χ2v) is 4.10. The number of rotatable bonds is 3. The predicted octanol–water partition coefficient (Wildman–Crippen LogP) is 1.96. The molecule has 1 aromatic carbocycles. The van der Waals surface area contributed by atoms with Crippen molar-refractivity contribution in [1.82, 2.24) is 0 Å². The minimum Gasteiger partial charge on any atom is -0.259 e. The third-order valence-electron chi connectivity index (χ3n) is 1.49. The van der Waals surface area contributed by atoms with Gasteiger partial charge in [0.15, 0.2) is 0 Å². The van der Waals surface area contributed by atoms with E-state index < -0.39 is 10.8 Å². The number of benzene rings is 1. The van der Waals surface area contributed by atoms with E-state index in [1.807, 2.05) is 37.3 Å². The molecule has 0 bridgehead atoms. The molecule has 0 aliphatic rings. The summed E-state index contributed by atoms with van der Waals surface area (Å²) in [5.74, 6) is 1.44. The standard InChI is InChI=1S/C9H12OS/c1-2-11(10)8-9-6-4-3-5-7-9/h3-7H,2,8H2,1H3/t11-/m0/s1. The van der Waals surface area contributed by atoms with Gasteiger partial charge in [0, 0.05) is 22.3 Å². The van der Waals surface area contributed by atoms with Gasteiger partial charge >= 0.3 is 0 Å². The largest absolute Gasteiger partial charge is 0.259 e. The number of hydrogen-bond acceptors (Lipinski definition) is 1. The Morgan fingerprint density at radius 3 is 2.45 bits per heavy atom. The van der Waals surface area contributed by atoms with Gasteiger partial charge in [0.2, 0.25) is 0 Å². The van der Waals surface area contributed by atoms with Crippen LogP contribution in [0.3, 0.4) is 0 Å². The Bertz CT molecular complexity index is 231. The SMILES string of the molecule is CC[S@](=O)Cc1ccccc1. The van der Waals surface area contributed by atoms with Crippen LogP contribution in [0.5, 0.6) is 0 Å². The normalized spacial score (nSPS) is 12.8. The van der Waals surface area contributed by atoms with Crippen LogP contribution in [0.1, 0.15) is 12.5 Å². The van der Waals surface area contributed by atoms with E-state index in [-0.39, 0.29) is 0 Å². The Morgan fingerprint density at radius 2 is 1.91 bits per heavy atom. The lowest BCUT2D eigenvalue weighted by Crippen LogP contribution is -1.96. The van der Waals surface area contributed by atoms with E-state index >= 15 is 0 Å². The monoisotopic (exact) mass is 168 g/mol. The zero-order chi connectivity index (χ0) is 8.10. The fourth-order valence-corrected chi connectivity index (χ4v) is 1.63. The van der Waals surface area contributed by atoms with E-state index in [1.54, 1.807) is 0 Å². The third-order valence-corrected chi connectivity index (χ3v) is 2.79. The van der Waals surface area contributed by atoms with Crippen LogP contribution in [0.4, 0.5) is 0 Å². The molecule has 0 heterocycles. The summed E-state index contributed by atoms with van der Waals surface area (Å²) in [6.45, 7) is 1.94. The van der Waals surface area contributed by atoms with Crippen molar-refractivity contribution in [2.24, 2.45) is 0 Å². The van der Waals surface area contributed by atoms with Gasteiger partial charge in [-0.05, 0) is 5.56 Å². The van der Waals surface area contributed by atoms with Crippen LogP contribution in [0.15, 0.2) is 30.3 Å². The summed E-state index contributed by atoms with van der Waals surface area (Å²) in [7, 11) is -0.678. The highest BCUT2D eigenvalue weighted by atomic mass is 32.2. The van der Waals surface area contributed by atoms with Crippen molar-refractivity contribution in [3.8, 4) is 0 Å². The summed E-state index contributed by atoms with van der Waals surface area (Å²) in [4.78, 5) is 0. The molecule has 0 spiro atoms. The van der Waals surface area contributed by atoms with Crippen LogP contribution in [-0.2, 0) is 16.6 Å². The van der Waals surface area contributed by atoms with Gasteiger partial charge in [-0.15, -0.1) is 0 Å². The van der Waals surface area contributed by atoms with E-state index in [4.69, 9.17) is 0 Å². The second-order valence-electron chi connectivity index (χ2n) is 2.36. The van der Waals surface area contributed by atoms with E-state index in [0.717, 1.165) is 11.3 Å². The van der Waals surface area contributed by atoms with Crippen LogP contribution < -0.4 is 0 Å². The van der Waals surface area contributed by atoms with Crippen molar-refractivity contribution < 1.29 is 4.21 Å². The van der Waals surface area contributed by atoms with Gasteiger partial charge in [-0.1, -0.05) is 37.3 Å². The Kier molecular flexibility index (Phi) is 3.30. The molecule has 0 amide bonds. The van der Waals surface area contributed by atoms with Crippen molar-refractivity contribution in [2.45, 2.75) is 12.7 Å². The van der Waals surface area contributed by atoms with Gasteiger partial charge in [-0.25, -0.2) is 0 Å².